The van der Waals surface area contributed by atoms with E-state index < -0.39 is 17.2 Å². The van der Waals surface area contributed by atoms with Crippen molar-refractivity contribution in [3.63, 3.8) is 0 Å². The summed E-state index contributed by atoms with van der Waals surface area (Å²) >= 11 is 3.05. The van der Waals surface area contributed by atoms with Crippen molar-refractivity contribution in [2.75, 3.05) is 0 Å². The van der Waals surface area contributed by atoms with Crippen molar-refractivity contribution in [2.24, 2.45) is 7.05 Å². The van der Waals surface area contributed by atoms with Gasteiger partial charge in [-0.25, -0.2) is 14.0 Å². The third-order valence-corrected chi connectivity index (χ3v) is 2.50. The predicted molar refractivity (Wildman–Crippen MR) is 55.4 cm³/mol. The third-order valence-electron chi connectivity index (χ3n) is 2.04. The molecule has 1 aromatic heterocycles. The highest BCUT2D eigenvalue weighted by Gasteiger charge is 2.11. The fourth-order valence-electron chi connectivity index (χ4n) is 1.36. The number of rotatable bonds is 0. The van der Waals surface area contributed by atoms with Crippen LogP contribution >= 0.6 is 15.9 Å². The SMILES string of the molecule is Cn1c(=O)oc(=O)c2cc(Br)cc(F)c21. The van der Waals surface area contributed by atoms with E-state index in [0.717, 1.165) is 4.57 Å². The largest absolute Gasteiger partial charge is 0.422 e. The van der Waals surface area contributed by atoms with Gasteiger partial charge in [0.25, 0.3) is 0 Å². The van der Waals surface area contributed by atoms with Crippen LogP contribution in [0.25, 0.3) is 10.9 Å². The first-order valence-electron chi connectivity index (χ1n) is 3.99. The summed E-state index contributed by atoms with van der Waals surface area (Å²) < 4.78 is 19.3. The van der Waals surface area contributed by atoms with Crippen molar-refractivity contribution < 1.29 is 8.81 Å². The molecule has 1 aromatic carbocycles. The van der Waals surface area contributed by atoms with E-state index in [9.17, 15) is 14.0 Å². The molecule has 4 nitrogen and oxygen atoms in total. The molecule has 15 heavy (non-hydrogen) atoms. The van der Waals surface area contributed by atoms with Gasteiger partial charge < -0.3 is 4.42 Å². The molecule has 1 heterocycles. The molecule has 0 amide bonds. The standard InChI is InChI=1S/C9H5BrFNO3/c1-12-7-5(8(13)15-9(12)14)2-4(10)3-6(7)11/h2-3H,1H3. The molecule has 0 aliphatic carbocycles. The smallest absolute Gasteiger partial charge is 0.372 e. The van der Waals surface area contributed by atoms with E-state index in [1.807, 2.05) is 0 Å². The first kappa shape index (κ1) is 10.1. The fourth-order valence-corrected chi connectivity index (χ4v) is 1.79. The molecular formula is C9H5BrFNO3. The third kappa shape index (κ3) is 1.50. The van der Waals surface area contributed by atoms with Crippen LogP contribution in [-0.4, -0.2) is 4.57 Å². The van der Waals surface area contributed by atoms with Crippen LogP contribution in [0.15, 0.2) is 30.6 Å². The number of hydrogen-bond donors (Lipinski definition) is 0. The highest BCUT2D eigenvalue weighted by atomic mass is 79.9. The van der Waals surface area contributed by atoms with Crippen molar-refractivity contribution in [3.05, 3.63) is 43.4 Å². The zero-order valence-electron chi connectivity index (χ0n) is 7.58. The molecule has 0 aliphatic heterocycles. The lowest BCUT2D eigenvalue weighted by atomic mass is 10.2. The van der Waals surface area contributed by atoms with E-state index >= 15 is 0 Å². The van der Waals surface area contributed by atoms with Gasteiger partial charge in [-0.2, -0.15) is 0 Å². The van der Waals surface area contributed by atoms with E-state index in [4.69, 9.17) is 0 Å². The van der Waals surface area contributed by atoms with Gasteiger partial charge in [0.05, 0.1) is 10.9 Å². The summed E-state index contributed by atoms with van der Waals surface area (Å²) in [6, 6.07) is 2.59. The van der Waals surface area contributed by atoms with Gasteiger partial charge in [0.15, 0.2) is 0 Å². The zero-order chi connectivity index (χ0) is 11.2. The van der Waals surface area contributed by atoms with Gasteiger partial charge >= 0.3 is 11.4 Å². The van der Waals surface area contributed by atoms with Crippen molar-refractivity contribution in [2.45, 2.75) is 0 Å². The van der Waals surface area contributed by atoms with Crippen LogP contribution in [-0.2, 0) is 7.05 Å². The molecule has 0 saturated heterocycles. The molecule has 0 spiro atoms. The lowest BCUT2D eigenvalue weighted by Gasteiger charge is -2.03. The summed E-state index contributed by atoms with van der Waals surface area (Å²) in [4.78, 5) is 22.4. The maximum absolute atomic E-state index is 13.5. The quantitative estimate of drug-likeness (QED) is 0.729. The maximum atomic E-state index is 13.5. The van der Waals surface area contributed by atoms with Gasteiger partial charge in [-0.15, -0.1) is 0 Å². The Hall–Kier alpha value is -1.43. The Bertz CT molecular complexity index is 659. The average molecular weight is 274 g/mol. The highest BCUT2D eigenvalue weighted by molar-refractivity contribution is 9.10. The summed E-state index contributed by atoms with van der Waals surface area (Å²) in [6.07, 6.45) is 0. The van der Waals surface area contributed by atoms with Crippen LogP contribution in [0, 0.1) is 5.82 Å². The van der Waals surface area contributed by atoms with Crippen LogP contribution in [0.5, 0.6) is 0 Å². The Morgan fingerprint density at radius 1 is 1.40 bits per heavy atom. The Labute approximate surface area is 91.1 Å². The lowest BCUT2D eigenvalue weighted by molar-refractivity contribution is 0.430. The predicted octanol–water partition coefficient (Wildman–Crippen LogP) is 1.39. The minimum atomic E-state index is -0.881. The minimum absolute atomic E-state index is 0.0315. The molecule has 6 heteroatoms. The minimum Gasteiger partial charge on any atom is -0.372 e. The van der Waals surface area contributed by atoms with Crippen molar-refractivity contribution in [1.29, 1.82) is 0 Å². The van der Waals surface area contributed by atoms with Crippen LogP contribution in [0.1, 0.15) is 0 Å². The number of fused-ring (bicyclic) bond motifs is 1. The van der Waals surface area contributed by atoms with Gasteiger partial charge in [-0.3, -0.25) is 4.57 Å². The molecule has 0 bridgehead atoms. The Morgan fingerprint density at radius 3 is 2.73 bits per heavy atom. The summed E-state index contributed by atoms with van der Waals surface area (Å²) in [5, 5.41) is 0.0315. The van der Waals surface area contributed by atoms with Crippen LogP contribution in [0.2, 0.25) is 0 Å². The molecule has 0 fully saturated rings. The maximum Gasteiger partial charge on any atom is 0.422 e. The average Bonchev–Trinajstić information content (AvgIpc) is 2.13. The van der Waals surface area contributed by atoms with E-state index in [1.54, 1.807) is 0 Å². The van der Waals surface area contributed by atoms with Crippen molar-refractivity contribution in [3.8, 4) is 0 Å². The van der Waals surface area contributed by atoms with Gasteiger partial charge in [0.1, 0.15) is 5.82 Å². The Balaban J connectivity index is 3.17. The fraction of sp³-hybridized carbons (Fsp3) is 0.111. The second kappa shape index (κ2) is 3.30. The Morgan fingerprint density at radius 2 is 2.07 bits per heavy atom. The molecular weight excluding hydrogens is 269 g/mol. The number of hydrogen-bond acceptors (Lipinski definition) is 3. The van der Waals surface area contributed by atoms with E-state index in [2.05, 4.69) is 20.3 Å². The summed E-state index contributed by atoms with van der Waals surface area (Å²) in [5.41, 5.74) is -0.896. The second-order valence-electron chi connectivity index (χ2n) is 3.00. The molecule has 0 unspecified atom stereocenters. The van der Waals surface area contributed by atoms with Gasteiger partial charge in [-0.05, 0) is 12.1 Å². The van der Waals surface area contributed by atoms with Gasteiger partial charge in [0, 0.05) is 11.5 Å². The topological polar surface area (TPSA) is 52.2 Å². The van der Waals surface area contributed by atoms with Gasteiger partial charge in [0.2, 0.25) is 0 Å². The molecule has 0 N–H and O–H groups in total. The van der Waals surface area contributed by atoms with E-state index in [-0.39, 0.29) is 10.9 Å². The zero-order valence-corrected chi connectivity index (χ0v) is 9.17. The van der Waals surface area contributed by atoms with Crippen molar-refractivity contribution in [1.82, 2.24) is 4.57 Å². The van der Waals surface area contributed by atoms with Crippen LogP contribution < -0.4 is 11.4 Å². The van der Waals surface area contributed by atoms with E-state index in [0.29, 0.717) is 4.47 Å². The van der Waals surface area contributed by atoms with Gasteiger partial charge in [-0.1, -0.05) is 15.9 Å². The summed E-state index contributed by atoms with van der Waals surface area (Å²) in [7, 11) is 1.34. The second-order valence-corrected chi connectivity index (χ2v) is 3.91. The normalized spacial score (nSPS) is 10.9. The molecule has 78 valence electrons. The molecule has 0 saturated carbocycles. The van der Waals surface area contributed by atoms with Crippen LogP contribution in [0.3, 0.4) is 0 Å². The number of aryl methyl sites for hydroxylation is 1. The molecule has 0 aliphatic rings. The van der Waals surface area contributed by atoms with Crippen LogP contribution in [0.4, 0.5) is 4.39 Å². The molecule has 2 rings (SSSR count). The molecule has 2 aromatic rings. The summed E-state index contributed by atoms with van der Waals surface area (Å²) in [5.74, 6) is -1.53. The first-order valence-corrected chi connectivity index (χ1v) is 4.79. The first-order chi connectivity index (χ1) is 7.00. The van der Waals surface area contributed by atoms with E-state index in [1.165, 1.54) is 19.2 Å². The number of nitrogens with zero attached hydrogens (tertiary/aromatic N) is 1. The highest BCUT2D eigenvalue weighted by Crippen LogP contribution is 2.19. The monoisotopic (exact) mass is 273 g/mol. The lowest BCUT2D eigenvalue weighted by Crippen LogP contribution is -2.23. The van der Waals surface area contributed by atoms with Crippen molar-refractivity contribution >= 4 is 26.8 Å². The molecule has 0 radical (unpaired) electrons. The molecule has 0 atom stereocenters. The number of aromatic nitrogens is 1. The Kier molecular flexibility index (Phi) is 2.22. The summed E-state index contributed by atoms with van der Waals surface area (Å²) in [6.45, 7) is 0. The number of halogens is 2. The number of benzene rings is 1.